The van der Waals surface area contributed by atoms with Gasteiger partial charge in [0.2, 0.25) is 0 Å². The molecule has 3 N–H and O–H groups in total. The fourth-order valence-electron chi connectivity index (χ4n) is 1.31. The Morgan fingerprint density at radius 1 is 1.57 bits per heavy atom. The molecule has 0 aliphatic rings. The number of benzene rings is 1. The molecule has 0 fully saturated rings. The van der Waals surface area contributed by atoms with Crippen LogP contribution in [0.3, 0.4) is 0 Å². The lowest BCUT2D eigenvalue weighted by Gasteiger charge is -2.03. The highest BCUT2D eigenvalue weighted by atomic mass is 32.1. The number of carboxylic acid groups (broad SMARTS) is 1. The number of nitrogens with two attached hydrogens (primary N) is 1. The summed E-state index contributed by atoms with van der Waals surface area (Å²) in [6, 6.07) is 3.27. The van der Waals surface area contributed by atoms with Crippen LogP contribution in [0.25, 0.3) is 10.1 Å². The first-order valence-electron chi connectivity index (χ1n) is 3.83. The third-order valence-corrected chi connectivity index (χ3v) is 3.42. The second kappa shape index (κ2) is 3.18. The average molecular weight is 225 g/mol. The van der Waals surface area contributed by atoms with Crippen molar-refractivity contribution in [3.63, 3.8) is 0 Å². The van der Waals surface area contributed by atoms with Crippen LogP contribution >= 0.6 is 24.0 Å². The quantitative estimate of drug-likeness (QED) is 0.516. The topological polar surface area (TPSA) is 63.3 Å². The third kappa shape index (κ3) is 1.25. The molecule has 3 nitrogen and oxygen atoms in total. The molecule has 0 spiro atoms. The van der Waals surface area contributed by atoms with Crippen LogP contribution in [0, 0.1) is 0 Å². The van der Waals surface area contributed by atoms with Gasteiger partial charge in [0.05, 0.1) is 10.3 Å². The van der Waals surface area contributed by atoms with Crippen molar-refractivity contribution in [2.24, 2.45) is 0 Å². The van der Waals surface area contributed by atoms with Crippen molar-refractivity contribution < 1.29 is 9.90 Å². The molecule has 0 saturated carbocycles. The molecule has 0 aliphatic heterocycles. The number of hydrogen-bond donors (Lipinski definition) is 3. The van der Waals surface area contributed by atoms with Crippen molar-refractivity contribution in [3.8, 4) is 0 Å². The molecule has 0 saturated heterocycles. The standard InChI is InChI=1S/C9H7NO2S2/c10-6-3-5(9(11)12)8-4(7(6)13)1-2-14-8/h1-3,13H,10H2,(H,11,12). The van der Waals surface area contributed by atoms with Crippen LogP contribution in [-0.4, -0.2) is 11.1 Å². The third-order valence-electron chi connectivity index (χ3n) is 1.97. The van der Waals surface area contributed by atoms with E-state index in [1.54, 1.807) is 0 Å². The first kappa shape index (κ1) is 9.36. The molecule has 1 aromatic carbocycles. The van der Waals surface area contributed by atoms with Crippen LogP contribution in [0.15, 0.2) is 22.4 Å². The fourth-order valence-corrected chi connectivity index (χ4v) is 2.55. The molecule has 0 amide bonds. The summed E-state index contributed by atoms with van der Waals surface area (Å²) >= 11 is 5.61. The molecular weight excluding hydrogens is 218 g/mol. The number of hydrogen-bond acceptors (Lipinski definition) is 4. The lowest BCUT2D eigenvalue weighted by Crippen LogP contribution is -1.99. The number of nitrogen functional groups attached to an aromatic ring is 1. The van der Waals surface area contributed by atoms with E-state index in [2.05, 4.69) is 12.6 Å². The van der Waals surface area contributed by atoms with Gasteiger partial charge in [0.15, 0.2) is 0 Å². The van der Waals surface area contributed by atoms with Gasteiger partial charge >= 0.3 is 5.97 Å². The summed E-state index contributed by atoms with van der Waals surface area (Å²) in [6.07, 6.45) is 0. The lowest BCUT2D eigenvalue weighted by molar-refractivity contribution is 0.0699. The van der Waals surface area contributed by atoms with Crippen molar-refractivity contribution in [1.29, 1.82) is 0 Å². The smallest absolute Gasteiger partial charge is 0.337 e. The van der Waals surface area contributed by atoms with Crippen LogP contribution in [-0.2, 0) is 0 Å². The molecule has 0 unspecified atom stereocenters. The molecule has 0 bridgehead atoms. The van der Waals surface area contributed by atoms with Gasteiger partial charge in [-0.25, -0.2) is 4.79 Å². The SMILES string of the molecule is Nc1cc(C(=O)O)c2sccc2c1S. The summed E-state index contributed by atoms with van der Waals surface area (Å²) in [5.41, 5.74) is 6.29. The Balaban J connectivity index is 2.91. The molecule has 72 valence electrons. The number of carboxylic acids is 1. The molecule has 14 heavy (non-hydrogen) atoms. The van der Waals surface area contributed by atoms with Gasteiger partial charge in [0.1, 0.15) is 0 Å². The molecule has 1 aromatic heterocycles. The minimum absolute atomic E-state index is 0.241. The number of fused-ring (bicyclic) bond motifs is 1. The summed E-state index contributed by atoms with van der Waals surface area (Å²) in [7, 11) is 0. The average Bonchev–Trinajstić information content (AvgIpc) is 2.59. The van der Waals surface area contributed by atoms with E-state index in [9.17, 15) is 4.79 Å². The predicted octanol–water partition coefficient (Wildman–Crippen LogP) is 2.47. The van der Waals surface area contributed by atoms with Gasteiger partial charge in [-0.05, 0) is 17.5 Å². The molecule has 2 aromatic rings. The second-order valence-corrected chi connectivity index (χ2v) is 4.19. The van der Waals surface area contributed by atoms with Gasteiger partial charge in [-0.2, -0.15) is 0 Å². The Hall–Kier alpha value is -1.20. The van der Waals surface area contributed by atoms with Crippen LogP contribution in [0.1, 0.15) is 10.4 Å². The maximum absolute atomic E-state index is 10.9. The largest absolute Gasteiger partial charge is 0.478 e. The van der Waals surface area contributed by atoms with E-state index in [0.717, 1.165) is 10.1 Å². The van der Waals surface area contributed by atoms with E-state index in [4.69, 9.17) is 10.8 Å². The minimum Gasteiger partial charge on any atom is -0.478 e. The lowest BCUT2D eigenvalue weighted by atomic mass is 10.1. The van der Waals surface area contributed by atoms with E-state index < -0.39 is 5.97 Å². The number of thiol groups is 1. The second-order valence-electron chi connectivity index (χ2n) is 2.83. The maximum Gasteiger partial charge on any atom is 0.337 e. The molecular formula is C9H7NO2S2. The zero-order valence-electron chi connectivity index (χ0n) is 7.02. The highest BCUT2D eigenvalue weighted by Crippen LogP contribution is 2.34. The van der Waals surface area contributed by atoms with Gasteiger partial charge in [-0.1, -0.05) is 0 Å². The van der Waals surface area contributed by atoms with E-state index in [1.807, 2.05) is 11.4 Å². The Kier molecular flexibility index (Phi) is 2.13. The van der Waals surface area contributed by atoms with E-state index in [-0.39, 0.29) is 5.56 Å². The van der Waals surface area contributed by atoms with Gasteiger partial charge in [-0.15, -0.1) is 24.0 Å². The number of aromatic carboxylic acids is 1. The first-order chi connectivity index (χ1) is 6.61. The molecule has 0 radical (unpaired) electrons. The molecule has 0 aliphatic carbocycles. The summed E-state index contributed by atoms with van der Waals surface area (Å²) < 4.78 is 0.719. The molecule has 1 heterocycles. The van der Waals surface area contributed by atoms with E-state index >= 15 is 0 Å². The van der Waals surface area contributed by atoms with E-state index in [1.165, 1.54) is 17.4 Å². The summed E-state index contributed by atoms with van der Waals surface area (Å²) in [5.74, 6) is -0.961. The number of anilines is 1. The summed E-state index contributed by atoms with van der Waals surface area (Å²) in [4.78, 5) is 11.5. The van der Waals surface area contributed by atoms with Crippen molar-refractivity contribution in [1.82, 2.24) is 0 Å². The summed E-state index contributed by atoms with van der Waals surface area (Å²) in [5, 5.41) is 11.6. The van der Waals surface area contributed by atoms with Gasteiger partial charge < -0.3 is 10.8 Å². The van der Waals surface area contributed by atoms with Gasteiger partial charge in [0, 0.05) is 16.0 Å². The number of rotatable bonds is 1. The van der Waals surface area contributed by atoms with Crippen molar-refractivity contribution in [3.05, 3.63) is 23.1 Å². The normalized spacial score (nSPS) is 10.6. The van der Waals surface area contributed by atoms with Crippen LogP contribution in [0.5, 0.6) is 0 Å². The first-order valence-corrected chi connectivity index (χ1v) is 5.16. The monoisotopic (exact) mass is 225 g/mol. The zero-order valence-corrected chi connectivity index (χ0v) is 8.73. The predicted molar refractivity (Wildman–Crippen MR) is 60.4 cm³/mol. The van der Waals surface area contributed by atoms with E-state index in [0.29, 0.717) is 10.6 Å². The van der Waals surface area contributed by atoms with Crippen LogP contribution in [0.2, 0.25) is 0 Å². The Labute approximate surface area is 89.6 Å². The highest BCUT2D eigenvalue weighted by molar-refractivity contribution is 7.80. The van der Waals surface area contributed by atoms with Crippen molar-refractivity contribution in [2.75, 3.05) is 5.73 Å². The number of carbonyl (C=O) groups is 1. The molecule has 2 rings (SSSR count). The highest BCUT2D eigenvalue weighted by Gasteiger charge is 2.13. The Bertz CT molecular complexity index is 519. The van der Waals surface area contributed by atoms with Gasteiger partial charge in [-0.3, -0.25) is 0 Å². The summed E-state index contributed by atoms with van der Waals surface area (Å²) in [6.45, 7) is 0. The maximum atomic E-state index is 10.9. The number of thiophene rings is 1. The Morgan fingerprint density at radius 3 is 2.93 bits per heavy atom. The fraction of sp³-hybridized carbons (Fsp3) is 0. The van der Waals surface area contributed by atoms with Gasteiger partial charge in [0.25, 0.3) is 0 Å². The Morgan fingerprint density at radius 2 is 2.29 bits per heavy atom. The van der Waals surface area contributed by atoms with Crippen LogP contribution in [0.4, 0.5) is 5.69 Å². The van der Waals surface area contributed by atoms with Crippen molar-refractivity contribution in [2.45, 2.75) is 4.90 Å². The van der Waals surface area contributed by atoms with Crippen molar-refractivity contribution >= 4 is 45.7 Å². The molecule has 0 atom stereocenters. The molecule has 5 heteroatoms. The minimum atomic E-state index is -0.961. The zero-order chi connectivity index (χ0) is 10.3. The van der Waals surface area contributed by atoms with Crippen LogP contribution < -0.4 is 5.73 Å².